The van der Waals surface area contributed by atoms with E-state index in [1.54, 1.807) is 0 Å². The van der Waals surface area contributed by atoms with Gasteiger partial charge in [-0.2, -0.15) is 0 Å². The number of hydrogen-bond donors (Lipinski definition) is 0. The van der Waals surface area contributed by atoms with Crippen LogP contribution in [0.25, 0.3) is 98.8 Å². The van der Waals surface area contributed by atoms with Crippen LogP contribution in [0.15, 0.2) is 247 Å². The highest BCUT2D eigenvalue weighted by molar-refractivity contribution is 6.12. The number of para-hydroxylation sites is 5. The van der Waals surface area contributed by atoms with Gasteiger partial charge < -0.3 is 13.9 Å². The summed E-state index contributed by atoms with van der Waals surface area (Å²) >= 11 is 0. The number of furan rings is 1. The summed E-state index contributed by atoms with van der Waals surface area (Å²) < 4.78 is 8.94. The topological polar surface area (TPSA) is 21.3 Å². The fourth-order valence-electron chi connectivity index (χ4n) is 10.4. The van der Waals surface area contributed by atoms with Gasteiger partial charge in [0.05, 0.1) is 16.7 Å². The summed E-state index contributed by atoms with van der Waals surface area (Å²) in [6.07, 6.45) is 9.69. The van der Waals surface area contributed by atoms with E-state index in [0.29, 0.717) is 0 Å². The number of hydrogen-bond acceptors (Lipinski definition) is 2. The minimum absolute atomic E-state index is 0.784. The third-order valence-electron chi connectivity index (χ3n) is 13.5. The monoisotopic (exact) mass is 842 g/mol. The number of nitrogens with zero attached hydrogens (tertiary/aromatic N) is 2. The number of aromatic nitrogens is 1. The van der Waals surface area contributed by atoms with Gasteiger partial charge in [-0.1, -0.05) is 182 Å². The van der Waals surface area contributed by atoms with Crippen molar-refractivity contribution in [1.29, 1.82) is 0 Å². The van der Waals surface area contributed by atoms with E-state index in [1.807, 2.05) is 12.1 Å². The molecule has 2 aromatic heterocycles. The van der Waals surface area contributed by atoms with Crippen molar-refractivity contribution >= 4 is 93.6 Å². The Kier molecular flexibility index (Phi) is 8.92. The summed E-state index contributed by atoms with van der Waals surface area (Å²) in [5.41, 5.74) is 15.7. The zero-order chi connectivity index (χ0) is 43.6. The molecule has 66 heavy (non-hydrogen) atoms. The van der Waals surface area contributed by atoms with E-state index in [4.69, 9.17) is 4.42 Å². The molecule has 13 rings (SSSR count). The first-order chi connectivity index (χ1) is 32.7. The first-order valence-electron chi connectivity index (χ1n) is 22.7. The van der Waals surface area contributed by atoms with E-state index in [-0.39, 0.29) is 0 Å². The SMILES string of the molecule is C1=CC=C(n2c3ccccc3c3ccccc32)CC(c2cccc(-c3ccccc3N(c3ccc(-c4cccc5c4oc4ccccc45)cc3)c3ccc4ccc5ccccc5c4c3)c2)=C1. The van der Waals surface area contributed by atoms with Crippen molar-refractivity contribution in [1.82, 2.24) is 4.57 Å². The van der Waals surface area contributed by atoms with Crippen LogP contribution in [0.2, 0.25) is 0 Å². The maximum absolute atomic E-state index is 6.49. The van der Waals surface area contributed by atoms with Crippen LogP contribution < -0.4 is 4.90 Å². The summed E-state index contributed by atoms with van der Waals surface area (Å²) in [6, 6.07) is 79.2. The molecule has 1 aliphatic rings. The van der Waals surface area contributed by atoms with Crippen molar-refractivity contribution < 1.29 is 4.42 Å². The molecule has 0 spiro atoms. The second-order valence-corrected chi connectivity index (χ2v) is 17.2. The second-order valence-electron chi connectivity index (χ2n) is 17.2. The predicted molar refractivity (Wildman–Crippen MR) is 280 cm³/mol. The molecule has 0 N–H and O–H groups in total. The summed E-state index contributed by atoms with van der Waals surface area (Å²) in [7, 11) is 0. The van der Waals surface area contributed by atoms with Crippen LogP contribution in [-0.2, 0) is 0 Å². The average Bonchev–Trinajstić information content (AvgIpc) is 3.82. The Labute approximate surface area is 382 Å². The Morgan fingerprint density at radius 1 is 0.394 bits per heavy atom. The first kappa shape index (κ1) is 37.9. The van der Waals surface area contributed by atoms with Crippen LogP contribution in [0.1, 0.15) is 12.0 Å². The Balaban J connectivity index is 0.928. The van der Waals surface area contributed by atoms with Gasteiger partial charge in [-0.15, -0.1) is 0 Å². The van der Waals surface area contributed by atoms with Crippen LogP contribution in [-0.4, -0.2) is 4.57 Å². The molecule has 3 heteroatoms. The smallest absolute Gasteiger partial charge is 0.143 e. The third kappa shape index (κ3) is 6.28. The average molecular weight is 843 g/mol. The minimum atomic E-state index is 0.784. The number of allylic oxidation sites excluding steroid dienone is 6. The molecule has 0 bridgehead atoms. The van der Waals surface area contributed by atoms with Gasteiger partial charge >= 0.3 is 0 Å². The van der Waals surface area contributed by atoms with E-state index in [1.165, 1.54) is 60.2 Å². The van der Waals surface area contributed by atoms with Gasteiger partial charge in [0, 0.05) is 56.2 Å². The van der Waals surface area contributed by atoms with Crippen LogP contribution >= 0.6 is 0 Å². The Morgan fingerprint density at radius 3 is 1.83 bits per heavy atom. The van der Waals surface area contributed by atoms with Crippen molar-refractivity contribution in [3.05, 3.63) is 248 Å². The third-order valence-corrected chi connectivity index (χ3v) is 13.5. The highest BCUT2D eigenvalue weighted by Gasteiger charge is 2.21. The lowest BCUT2D eigenvalue weighted by Gasteiger charge is -2.28. The molecule has 0 atom stereocenters. The van der Waals surface area contributed by atoms with Gasteiger partial charge in [-0.25, -0.2) is 0 Å². The molecule has 0 saturated heterocycles. The molecule has 1 aliphatic carbocycles. The predicted octanol–water partition coefficient (Wildman–Crippen LogP) is 17.7. The van der Waals surface area contributed by atoms with Crippen LogP contribution in [0.5, 0.6) is 0 Å². The highest BCUT2D eigenvalue weighted by atomic mass is 16.3. The first-order valence-corrected chi connectivity index (χ1v) is 22.7. The Hall–Kier alpha value is -8.66. The number of rotatable bonds is 7. The van der Waals surface area contributed by atoms with E-state index in [0.717, 1.165) is 67.7 Å². The normalized spacial score (nSPS) is 12.9. The van der Waals surface area contributed by atoms with E-state index < -0.39 is 0 Å². The van der Waals surface area contributed by atoms with Gasteiger partial charge in [0.15, 0.2) is 0 Å². The Bertz CT molecular complexity index is 3920. The molecule has 0 radical (unpaired) electrons. The standard InChI is InChI=1S/C63H42N2O/c1-3-19-49(65-60-28-10-6-22-54(60)55-23-7-11-29-61(55)65)40-46(16-1)45-17-13-18-47(39-45)52-21-5-9-27-59(52)64(50-38-35-44-32-31-42-15-2-4-20-51(42)58(44)41-50)48-36-33-43(34-37-48)53-25-14-26-57-56-24-8-12-30-62(56)66-63(53)57/h1-39,41H,40H2. The molecule has 10 aromatic carbocycles. The fraction of sp³-hybridized carbons (Fsp3) is 0.0159. The van der Waals surface area contributed by atoms with Crippen LogP contribution in [0.4, 0.5) is 17.1 Å². The lowest BCUT2D eigenvalue weighted by molar-refractivity contribution is 0.670. The van der Waals surface area contributed by atoms with Crippen molar-refractivity contribution in [2.75, 3.05) is 4.90 Å². The summed E-state index contributed by atoms with van der Waals surface area (Å²) in [4.78, 5) is 2.42. The lowest BCUT2D eigenvalue weighted by Crippen LogP contribution is -2.11. The molecule has 0 unspecified atom stereocenters. The lowest BCUT2D eigenvalue weighted by atomic mass is 9.95. The molecule has 310 valence electrons. The quantitative estimate of drug-likeness (QED) is 0.149. The number of fused-ring (bicyclic) bond motifs is 9. The molecule has 0 aliphatic heterocycles. The van der Waals surface area contributed by atoms with Gasteiger partial charge in [0.25, 0.3) is 0 Å². The molecule has 12 aromatic rings. The fourth-order valence-corrected chi connectivity index (χ4v) is 10.4. The summed E-state index contributed by atoms with van der Waals surface area (Å²) in [5, 5.41) is 9.72. The van der Waals surface area contributed by atoms with Crippen molar-refractivity contribution in [2.24, 2.45) is 0 Å². The van der Waals surface area contributed by atoms with Crippen molar-refractivity contribution in [3.8, 4) is 22.3 Å². The molecular formula is C63H42N2O. The Morgan fingerprint density at radius 2 is 1.00 bits per heavy atom. The van der Waals surface area contributed by atoms with Gasteiger partial charge in [0.1, 0.15) is 11.2 Å². The van der Waals surface area contributed by atoms with Crippen molar-refractivity contribution in [3.63, 3.8) is 0 Å². The molecule has 0 fully saturated rings. The van der Waals surface area contributed by atoms with Crippen LogP contribution in [0.3, 0.4) is 0 Å². The summed E-state index contributed by atoms with van der Waals surface area (Å²) in [5.74, 6) is 0. The maximum Gasteiger partial charge on any atom is 0.143 e. The second kappa shape index (κ2) is 15.5. The van der Waals surface area contributed by atoms with E-state index >= 15 is 0 Å². The summed E-state index contributed by atoms with van der Waals surface area (Å²) in [6.45, 7) is 0. The van der Waals surface area contributed by atoms with Gasteiger partial charge in [-0.05, 0) is 104 Å². The zero-order valence-electron chi connectivity index (χ0n) is 36.1. The molecular weight excluding hydrogens is 801 g/mol. The zero-order valence-corrected chi connectivity index (χ0v) is 36.1. The van der Waals surface area contributed by atoms with Gasteiger partial charge in [0.2, 0.25) is 0 Å². The van der Waals surface area contributed by atoms with Crippen molar-refractivity contribution in [2.45, 2.75) is 6.42 Å². The van der Waals surface area contributed by atoms with E-state index in [2.05, 4.69) is 240 Å². The number of anilines is 3. The largest absolute Gasteiger partial charge is 0.455 e. The van der Waals surface area contributed by atoms with Crippen LogP contribution in [0, 0.1) is 0 Å². The highest BCUT2D eigenvalue weighted by Crippen LogP contribution is 2.45. The minimum Gasteiger partial charge on any atom is -0.455 e. The van der Waals surface area contributed by atoms with E-state index in [9.17, 15) is 0 Å². The maximum atomic E-state index is 6.49. The number of benzene rings is 10. The van der Waals surface area contributed by atoms with Gasteiger partial charge in [-0.3, -0.25) is 0 Å². The molecule has 3 nitrogen and oxygen atoms in total. The molecule has 0 amide bonds. The molecule has 2 heterocycles. The molecule has 0 saturated carbocycles.